The number of fused-ring (bicyclic) bond motifs is 1. The lowest BCUT2D eigenvalue weighted by atomic mass is 10.1. The molecule has 0 radical (unpaired) electrons. The highest BCUT2D eigenvalue weighted by molar-refractivity contribution is 5.55. The van der Waals surface area contributed by atoms with E-state index in [0.29, 0.717) is 18.8 Å². The second-order valence-electron chi connectivity index (χ2n) is 6.94. The predicted octanol–water partition coefficient (Wildman–Crippen LogP) is 2.06. The molecule has 132 valence electrons. The van der Waals surface area contributed by atoms with Crippen LogP contribution in [0.1, 0.15) is 36.0 Å². The molecule has 7 heteroatoms. The van der Waals surface area contributed by atoms with Crippen molar-refractivity contribution in [3.8, 4) is 11.4 Å². The van der Waals surface area contributed by atoms with Crippen LogP contribution in [-0.2, 0) is 12.8 Å². The summed E-state index contributed by atoms with van der Waals surface area (Å²) in [5, 5.41) is 17.8. The van der Waals surface area contributed by atoms with Gasteiger partial charge in [0.15, 0.2) is 5.82 Å². The Balaban J connectivity index is 1.50. The Morgan fingerprint density at radius 1 is 1.12 bits per heavy atom. The number of rotatable bonds is 3. The molecule has 2 N–H and O–H groups in total. The Hall–Kier alpha value is -2.80. The van der Waals surface area contributed by atoms with Gasteiger partial charge in [-0.2, -0.15) is 5.10 Å². The molecule has 2 aliphatic rings. The number of nitrogens with one attached hydrogen (secondary N) is 1. The van der Waals surface area contributed by atoms with Crippen LogP contribution in [0.15, 0.2) is 36.7 Å². The summed E-state index contributed by atoms with van der Waals surface area (Å²) in [6.45, 7) is 0.551. The number of aliphatic hydroxyl groups excluding tert-OH is 1. The third-order valence-electron chi connectivity index (χ3n) is 5.25. The van der Waals surface area contributed by atoms with Crippen LogP contribution in [0.3, 0.4) is 0 Å². The third-order valence-corrected chi connectivity index (χ3v) is 5.25. The molecule has 0 unspecified atom stereocenters. The molecule has 2 aromatic heterocycles. The Bertz CT molecular complexity index is 925. The van der Waals surface area contributed by atoms with E-state index in [0.717, 1.165) is 42.2 Å². The second-order valence-corrected chi connectivity index (χ2v) is 6.94. The molecule has 1 aromatic carbocycles. The molecule has 3 aromatic rings. The molecule has 1 fully saturated rings. The smallest absolute Gasteiger partial charge is 0.181 e. The summed E-state index contributed by atoms with van der Waals surface area (Å²) in [5.74, 6) is 2.38. The second kappa shape index (κ2) is 6.17. The zero-order chi connectivity index (χ0) is 17.5. The number of anilines is 1. The van der Waals surface area contributed by atoms with Crippen LogP contribution in [-0.4, -0.2) is 42.9 Å². The van der Waals surface area contributed by atoms with E-state index in [1.165, 1.54) is 5.56 Å². The molecule has 7 nitrogen and oxygen atoms in total. The molecular formula is C19H20N6O. The Labute approximate surface area is 151 Å². The number of aliphatic hydroxyl groups is 1. The number of aromatic amines is 1. The van der Waals surface area contributed by atoms with Crippen molar-refractivity contribution < 1.29 is 5.11 Å². The number of aryl methyl sites for hydroxylation is 1. The normalized spacial score (nSPS) is 22.0. The number of H-pyrrole nitrogens is 1. The molecular weight excluding hydrogens is 328 g/mol. The highest BCUT2D eigenvalue weighted by Crippen LogP contribution is 2.38. The van der Waals surface area contributed by atoms with Gasteiger partial charge in [0.1, 0.15) is 18.0 Å². The summed E-state index contributed by atoms with van der Waals surface area (Å²) < 4.78 is 0. The van der Waals surface area contributed by atoms with Crippen molar-refractivity contribution in [1.29, 1.82) is 0 Å². The fourth-order valence-corrected chi connectivity index (χ4v) is 4.04. The van der Waals surface area contributed by atoms with Crippen LogP contribution < -0.4 is 4.90 Å². The molecule has 1 aliphatic carbocycles. The van der Waals surface area contributed by atoms with Gasteiger partial charge < -0.3 is 10.0 Å². The first-order chi connectivity index (χ1) is 12.8. The molecule has 0 saturated carbocycles. The minimum absolute atomic E-state index is 0.0606. The molecule has 2 atom stereocenters. The maximum atomic E-state index is 10.3. The average molecular weight is 348 g/mol. The van der Waals surface area contributed by atoms with Crippen molar-refractivity contribution in [2.24, 2.45) is 0 Å². The fraction of sp³-hybridized carbons (Fsp3) is 0.368. The fourth-order valence-electron chi connectivity index (χ4n) is 4.04. The van der Waals surface area contributed by atoms with Gasteiger partial charge in [0, 0.05) is 29.8 Å². The SMILES string of the molecule is O[C@@H]1C[C@@H](c2nc(-c3ccccc3)n[nH]2)N(c2ncnc3c2CCC3)C1. The molecule has 1 aliphatic heterocycles. The van der Waals surface area contributed by atoms with E-state index in [2.05, 4.69) is 25.1 Å². The third kappa shape index (κ3) is 2.55. The highest BCUT2D eigenvalue weighted by atomic mass is 16.3. The summed E-state index contributed by atoms with van der Waals surface area (Å²) in [4.78, 5) is 15.8. The van der Waals surface area contributed by atoms with Crippen LogP contribution in [0.5, 0.6) is 0 Å². The number of nitrogens with zero attached hydrogens (tertiary/aromatic N) is 5. The van der Waals surface area contributed by atoms with Crippen molar-refractivity contribution >= 4 is 5.82 Å². The lowest BCUT2D eigenvalue weighted by Crippen LogP contribution is -2.27. The Morgan fingerprint density at radius 3 is 2.88 bits per heavy atom. The van der Waals surface area contributed by atoms with Gasteiger partial charge in [-0.25, -0.2) is 15.0 Å². The van der Waals surface area contributed by atoms with Crippen molar-refractivity contribution in [2.75, 3.05) is 11.4 Å². The first-order valence-electron chi connectivity index (χ1n) is 9.05. The average Bonchev–Trinajstić information content (AvgIpc) is 3.41. The van der Waals surface area contributed by atoms with Crippen LogP contribution in [0.4, 0.5) is 5.82 Å². The molecule has 0 bridgehead atoms. The van der Waals surface area contributed by atoms with E-state index in [-0.39, 0.29) is 6.04 Å². The summed E-state index contributed by atoms with van der Waals surface area (Å²) in [6, 6.07) is 9.84. The van der Waals surface area contributed by atoms with Crippen LogP contribution in [0.2, 0.25) is 0 Å². The van der Waals surface area contributed by atoms with Crippen molar-refractivity contribution in [3.63, 3.8) is 0 Å². The minimum atomic E-state index is -0.405. The minimum Gasteiger partial charge on any atom is -0.391 e. The molecule has 0 amide bonds. The van der Waals surface area contributed by atoms with Crippen molar-refractivity contribution in [3.05, 3.63) is 53.7 Å². The number of hydrogen-bond acceptors (Lipinski definition) is 6. The molecule has 3 heterocycles. The van der Waals surface area contributed by atoms with E-state index in [1.54, 1.807) is 6.33 Å². The largest absolute Gasteiger partial charge is 0.391 e. The van der Waals surface area contributed by atoms with Gasteiger partial charge in [0.2, 0.25) is 0 Å². The predicted molar refractivity (Wildman–Crippen MR) is 96.6 cm³/mol. The lowest BCUT2D eigenvalue weighted by Gasteiger charge is -2.25. The van der Waals surface area contributed by atoms with Gasteiger partial charge >= 0.3 is 0 Å². The van der Waals surface area contributed by atoms with E-state index in [9.17, 15) is 5.11 Å². The van der Waals surface area contributed by atoms with Gasteiger partial charge in [-0.05, 0) is 19.3 Å². The molecule has 5 rings (SSSR count). The van der Waals surface area contributed by atoms with Crippen LogP contribution >= 0.6 is 0 Å². The van der Waals surface area contributed by atoms with Gasteiger partial charge in [-0.3, -0.25) is 5.10 Å². The zero-order valence-corrected chi connectivity index (χ0v) is 14.3. The number of aromatic nitrogens is 5. The molecule has 26 heavy (non-hydrogen) atoms. The number of benzene rings is 1. The van der Waals surface area contributed by atoms with E-state index in [1.807, 2.05) is 30.3 Å². The highest BCUT2D eigenvalue weighted by Gasteiger charge is 2.37. The number of hydrogen-bond donors (Lipinski definition) is 2. The summed E-state index contributed by atoms with van der Waals surface area (Å²) in [6.07, 6.45) is 4.96. The topological polar surface area (TPSA) is 90.8 Å². The maximum absolute atomic E-state index is 10.3. The quantitative estimate of drug-likeness (QED) is 0.753. The maximum Gasteiger partial charge on any atom is 0.181 e. The van der Waals surface area contributed by atoms with Gasteiger partial charge in [0.05, 0.1) is 12.1 Å². The lowest BCUT2D eigenvalue weighted by molar-refractivity contribution is 0.194. The number of β-amino-alcohol motifs (C(OH)–C–C–N with tert-alkyl or cyclic N) is 1. The summed E-state index contributed by atoms with van der Waals surface area (Å²) >= 11 is 0. The van der Waals surface area contributed by atoms with Gasteiger partial charge in [-0.15, -0.1) is 0 Å². The molecule has 1 saturated heterocycles. The first-order valence-corrected chi connectivity index (χ1v) is 9.05. The van der Waals surface area contributed by atoms with Crippen LogP contribution in [0.25, 0.3) is 11.4 Å². The summed E-state index contributed by atoms with van der Waals surface area (Å²) in [5.41, 5.74) is 3.33. The Kier molecular flexibility index (Phi) is 3.67. The van der Waals surface area contributed by atoms with Crippen molar-refractivity contribution in [2.45, 2.75) is 37.8 Å². The standard InChI is InChI=1S/C19H20N6O/c26-13-9-16(18-22-17(23-24-18)12-5-2-1-3-6-12)25(10-13)19-14-7-4-8-15(14)20-11-21-19/h1-3,5-6,11,13,16,26H,4,7-10H2,(H,22,23,24)/t13-,16+/m1/s1. The monoisotopic (exact) mass is 348 g/mol. The van der Waals surface area contributed by atoms with Crippen LogP contribution in [0, 0.1) is 0 Å². The zero-order valence-electron chi connectivity index (χ0n) is 14.3. The van der Waals surface area contributed by atoms with Crippen molar-refractivity contribution in [1.82, 2.24) is 25.1 Å². The Morgan fingerprint density at radius 2 is 2.00 bits per heavy atom. The van der Waals surface area contributed by atoms with E-state index >= 15 is 0 Å². The summed E-state index contributed by atoms with van der Waals surface area (Å²) in [7, 11) is 0. The molecule has 0 spiro atoms. The van der Waals surface area contributed by atoms with E-state index in [4.69, 9.17) is 4.98 Å². The first kappa shape index (κ1) is 15.5. The van der Waals surface area contributed by atoms with Gasteiger partial charge in [-0.1, -0.05) is 30.3 Å². The van der Waals surface area contributed by atoms with E-state index < -0.39 is 6.10 Å². The van der Waals surface area contributed by atoms with Gasteiger partial charge in [0.25, 0.3) is 0 Å².